The molecule has 10 nitrogen and oxygen atoms in total. The molecule has 0 spiro atoms. The molecule has 0 aliphatic carbocycles. The number of esters is 3. The van der Waals surface area contributed by atoms with Crippen LogP contribution >= 0.6 is 11.3 Å². The van der Waals surface area contributed by atoms with Crippen LogP contribution in [0.3, 0.4) is 0 Å². The third kappa shape index (κ3) is 4.47. The molecule has 0 aliphatic rings. The van der Waals surface area contributed by atoms with E-state index in [1.165, 1.54) is 18.8 Å². The fourth-order valence-electron chi connectivity index (χ4n) is 3.13. The fourth-order valence-corrected chi connectivity index (χ4v) is 4.11. The summed E-state index contributed by atoms with van der Waals surface area (Å²) in [5.41, 5.74) is 6.27. The third-order valence-corrected chi connectivity index (χ3v) is 5.84. The summed E-state index contributed by atoms with van der Waals surface area (Å²) < 4.78 is 16.1. The van der Waals surface area contributed by atoms with Gasteiger partial charge in [-0.25, -0.2) is 14.6 Å². The Morgan fingerprint density at radius 3 is 2.50 bits per heavy atom. The summed E-state index contributed by atoms with van der Waals surface area (Å²) in [4.78, 5) is 53.5. The van der Waals surface area contributed by atoms with E-state index >= 15 is 0 Å². The zero-order valence-corrected chi connectivity index (χ0v) is 18.5. The zero-order chi connectivity index (χ0) is 23.4. The largest absolute Gasteiger partial charge is 0.465 e. The molecule has 0 fully saturated rings. The molecule has 0 radical (unpaired) electrons. The van der Waals surface area contributed by atoms with E-state index in [0.29, 0.717) is 16.7 Å². The number of hydrogen-bond acceptors (Lipinski definition) is 10. The van der Waals surface area contributed by atoms with Crippen LogP contribution in [0, 0.1) is 0 Å². The van der Waals surface area contributed by atoms with E-state index in [9.17, 15) is 19.2 Å². The van der Waals surface area contributed by atoms with Crippen LogP contribution in [0.25, 0.3) is 10.9 Å². The minimum Gasteiger partial charge on any atom is -0.465 e. The molecule has 2 N–H and O–H groups in total. The van der Waals surface area contributed by atoms with Gasteiger partial charge in [-0.1, -0.05) is 12.1 Å². The lowest BCUT2D eigenvalue weighted by Crippen LogP contribution is -2.23. The molecule has 0 bridgehead atoms. The average Bonchev–Trinajstić information content (AvgIpc) is 3.13. The van der Waals surface area contributed by atoms with Crippen LogP contribution in [0.5, 0.6) is 0 Å². The van der Waals surface area contributed by atoms with Crippen molar-refractivity contribution in [2.45, 2.75) is 19.4 Å². The number of fused-ring (bicyclic) bond motifs is 1. The van der Waals surface area contributed by atoms with Crippen molar-refractivity contribution in [2.75, 3.05) is 20.0 Å². The highest BCUT2D eigenvalue weighted by atomic mass is 32.1. The van der Waals surface area contributed by atoms with Gasteiger partial charge >= 0.3 is 17.9 Å². The Balaban J connectivity index is 1.75. The van der Waals surface area contributed by atoms with Gasteiger partial charge < -0.3 is 19.9 Å². The van der Waals surface area contributed by atoms with Crippen LogP contribution in [0.4, 0.5) is 5.00 Å². The summed E-state index contributed by atoms with van der Waals surface area (Å²) in [5.74, 6) is -1.65. The van der Waals surface area contributed by atoms with Crippen molar-refractivity contribution >= 4 is 45.1 Å². The van der Waals surface area contributed by atoms with Gasteiger partial charge in [-0.3, -0.25) is 14.2 Å². The molecule has 0 saturated carbocycles. The van der Waals surface area contributed by atoms with Gasteiger partial charge in [-0.15, -0.1) is 11.3 Å². The molecule has 168 valence electrons. The van der Waals surface area contributed by atoms with Gasteiger partial charge in [0.25, 0.3) is 5.56 Å². The van der Waals surface area contributed by atoms with Crippen molar-refractivity contribution in [1.82, 2.24) is 9.55 Å². The zero-order valence-electron chi connectivity index (χ0n) is 17.7. The molecule has 0 aliphatic heterocycles. The van der Waals surface area contributed by atoms with Gasteiger partial charge in [-0.05, 0) is 12.1 Å². The number of carbonyl (C=O) groups is 3. The Kier molecular flexibility index (Phi) is 6.89. The van der Waals surface area contributed by atoms with Crippen molar-refractivity contribution < 1.29 is 28.6 Å². The smallest absolute Gasteiger partial charge is 0.348 e. The van der Waals surface area contributed by atoms with Crippen LogP contribution in [-0.4, -0.2) is 41.7 Å². The Labute approximate surface area is 186 Å². The van der Waals surface area contributed by atoms with Gasteiger partial charge in [0.1, 0.15) is 27.9 Å². The van der Waals surface area contributed by atoms with Crippen LogP contribution in [0.2, 0.25) is 0 Å². The van der Waals surface area contributed by atoms with E-state index in [1.807, 2.05) is 0 Å². The summed E-state index contributed by atoms with van der Waals surface area (Å²) in [6, 6.07) is 6.94. The molecule has 0 unspecified atom stereocenters. The summed E-state index contributed by atoms with van der Waals surface area (Å²) in [7, 11) is 3.95. The summed E-state index contributed by atoms with van der Waals surface area (Å²) in [6.07, 6.45) is 0.0915. The van der Waals surface area contributed by atoms with Crippen molar-refractivity contribution in [3.63, 3.8) is 0 Å². The van der Waals surface area contributed by atoms with Gasteiger partial charge in [0.05, 0.1) is 31.5 Å². The van der Waals surface area contributed by atoms with Crippen molar-refractivity contribution in [3.8, 4) is 0 Å². The lowest BCUT2D eigenvalue weighted by atomic mass is 10.1. The second kappa shape index (κ2) is 9.60. The molecular formula is C21H21N3O7S. The lowest BCUT2D eigenvalue weighted by Gasteiger charge is -2.10. The average molecular weight is 459 g/mol. The highest BCUT2D eigenvalue weighted by Gasteiger charge is 2.28. The fraction of sp³-hybridized carbons (Fsp3) is 0.286. The van der Waals surface area contributed by atoms with E-state index in [-0.39, 0.29) is 46.0 Å². The van der Waals surface area contributed by atoms with E-state index in [4.69, 9.17) is 19.9 Å². The van der Waals surface area contributed by atoms with Crippen LogP contribution in [0.1, 0.15) is 37.8 Å². The van der Waals surface area contributed by atoms with E-state index in [0.717, 1.165) is 11.3 Å². The number of hydrogen-bond donors (Lipinski definition) is 1. The number of thiophene rings is 1. The molecule has 0 saturated heterocycles. The Bertz CT molecular complexity index is 1260. The Morgan fingerprint density at radius 1 is 1.12 bits per heavy atom. The molecule has 2 heterocycles. The topological polar surface area (TPSA) is 140 Å². The van der Waals surface area contributed by atoms with Gasteiger partial charge in [0.2, 0.25) is 0 Å². The summed E-state index contributed by atoms with van der Waals surface area (Å²) in [6.45, 7) is -0.370. The van der Waals surface area contributed by atoms with E-state index in [1.54, 1.807) is 31.3 Å². The number of nitrogen functional groups attached to an aromatic ring is 1. The van der Waals surface area contributed by atoms with E-state index in [2.05, 4.69) is 4.98 Å². The second-order valence-electron chi connectivity index (χ2n) is 6.70. The minimum atomic E-state index is -0.754. The van der Waals surface area contributed by atoms with Crippen LogP contribution in [-0.2, 0) is 39.1 Å². The number of methoxy groups -OCH3 is 2. The number of ether oxygens (including phenoxy) is 3. The summed E-state index contributed by atoms with van der Waals surface area (Å²) >= 11 is 0.847. The SMILES string of the molecule is COC(=O)c1sc(N)c(C(=O)OC)c1COC(=O)CCc1nc2ccccc2c(=O)n1C. The molecular weight excluding hydrogens is 438 g/mol. The van der Waals surface area contributed by atoms with Crippen LogP contribution < -0.4 is 11.3 Å². The number of aromatic nitrogens is 2. The molecule has 1 aromatic carbocycles. The Morgan fingerprint density at radius 2 is 1.81 bits per heavy atom. The number of nitrogens with zero attached hydrogens (tertiary/aromatic N) is 2. The number of rotatable bonds is 7. The number of carbonyl (C=O) groups excluding carboxylic acids is 3. The first-order valence-electron chi connectivity index (χ1n) is 9.46. The quantitative estimate of drug-likeness (QED) is 0.414. The van der Waals surface area contributed by atoms with Gasteiger partial charge in [0, 0.05) is 19.0 Å². The predicted octanol–water partition coefficient (Wildman–Crippen LogP) is 1.83. The summed E-state index contributed by atoms with van der Waals surface area (Å²) in [5, 5.41) is 0.542. The molecule has 11 heteroatoms. The first kappa shape index (κ1) is 22.9. The Hall–Kier alpha value is -3.73. The van der Waals surface area contributed by atoms with Crippen molar-refractivity contribution in [3.05, 3.63) is 56.4 Å². The maximum absolute atomic E-state index is 12.5. The maximum atomic E-state index is 12.5. The maximum Gasteiger partial charge on any atom is 0.348 e. The predicted molar refractivity (Wildman–Crippen MR) is 117 cm³/mol. The number of anilines is 1. The standard InChI is InChI=1S/C21H21N3O7S/c1-24-14(23-13-7-5-4-6-11(13)19(24)26)8-9-15(25)31-10-12-16(20(27)29-2)18(22)32-17(12)21(28)30-3/h4-7H,8-10,22H2,1-3H3. The second-order valence-corrected chi connectivity index (χ2v) is 7.75. The molecule has 3 aromatic rings. The first-order valence-corrected chi connectivity index (χ1v) is 10.3. The molecule has 2 aromatic heterocycles. The van der Waals surface area contributed by atoms with Crippen LogP contribution in [0.15, 0.2) is 29.1 Å². The highest BCUT2D eigenvalue weighted by molar-refractivity contribution is 7.18. The van der Waals surface area contributed by atoms with Gasteiger partial charge in [0.15, 0.2) is 0 Å². The molecule has 32 heavy (non-hydrogen) atoms. The third-order valence-electron chi connectivity index (χ3n) is 4.80. The lowest BCUT2D eigenvalue weighted by molar-refractivity contribution is -0.145. The normalized spacial score (nSPS) is 10.7. The van der Waals surface area contributed by atoms with Crippen molar-refractivity contribution in [1.29, 1.82) is 0 Å². The van der Waals surface area contributed by atoms with E-state index < -0.39 is 17.9 Å². The minimum absolute atomic E-state index is 0.0377. The number of aryl methyl sites for hydroxylation is 1. The number of nitrogens with two attached hydrogens (primary N) is 1. The molecule has 0 amide bonds. The molecule has 0 atom stereocenters. The highest BCUT2D eigenvalue weighted by Crippen LogP contribution is 2.33. The first-order chi connectivity index (χ1) is 15.3. The number of para-hydroxylation sites is 1. The van der Waals surface area contributed by atoms with Gasteiger partial charge in [-0.2, -0.15) is 0 Å². The monoisotopic (exact) mass is 459 g/mol. The molecule has 3 rings (SSSR count). The number of benzene rings is 1. The van der Waals surface area contributed by atoms with Crippen molar-refractivity contribution in [2.24, 2.45) is 7.05 Å².